The van der Waals surface area contributed by atoms with Gasteiger partial charge >= 0.3 is 0 Å². The van der Waals surface area contributed by atoms with E-state index in [4.69, 9.17) is 5.73 Å². The van der Waals surface area contributed by atoms with Gasteiger partial charge in [-0.1, -0.05) is 77.8 Å². The molecule has 2 unspecified atom stereocenters. The van der Waals surface area contributed by atoms with Gasteiger partial charge in [0.25, 0.3) is 0 Å². The molecule has 0 aliphatic carbocycles. The Morgan fingerprint density at radius 3 is 2.01 bits per heavy atom. The van der Waals surface area contributed by atoms with Gasteiger partial charge in [0.1, 0.15) is 42.0 Å². The highest BCUT2D eigenvalue weighted by Gasteiger charge is 2.48. The third kappa shape index (κ3) is 17.6. The summed E-state index contributed by atoms with van der Waals surface area (Å²) in [7, 11) is 0. The number of benzene rings is 1. The van der Waals surface area contributed by atoms with Crippen LogP contribution in [0.15, 0.2) is 24.3 Å². The summed E-state index contributed by atoms with van der Waals surface area (Å²) in [6, 6.07) is -4.75. The predicted octanol–water partition coefficient (Wildman–Crippen LogP) is -1.68. The number of fused-ring (bicyclic) bond motifs is 2. The van der Waals surface area contributed by atoms with Crippen LogP contribution in [0.4, 0.5) is 0 Å². The molecule has 14 N–H and O–H groups in total. The molecule has 7 amide bonds. The Morgan fingerprint density at radius 1 is 0.736 bits per heavy atom. The normalized spacial score (nSPS) is 28.3. The molecular formula is C50H82N8O14. The number of aliphatic hydroxyl groups is 6. The van der Waals surface area contributed by atoms with Crippen molar-refractivity contribution in [2.24, 2.45) is 17.6 Å². The summed E-state index contributed by atoms with van der Waals surface area (Å²) in [5, 5.41) is 89.1. The number of amides is 7. The maximum Gasteiger partial charge on any atom is 0.248 e. The Bertz CT molecular complexity index is 1940. The number of unbranched alkanes of at least 4 members (excludes halogenated alkanes) is 5. The van der Waals surface area contributed by atoms with E-state index in [9.17, 15) is 69.3 Å². The number of hydrogen-bond acceptors (Lipinski definition) is 15. The van der Waals surface area contributed by atoms with Crippen molar-refractivity contribution in [1.29, 1.82) is 0 Å². The van der Waals surface area contributed by atoms with E-state index in [1.54, 1.807) is 0 Å². The number of β-amino-alcohol motifs (C(OH)–C–C–N with tert-alkyl or cyclic N) is 1. The Kier molecular flexibility index (Phi) is 24.0. The summed E-state index contributed by atoms with van der Waals surface area (Å²) < 4.78 is 0. The third-order valence-electron chi connectivity index (χ3n) is 14.1. The molecule has 406 valence electrons. The molecule has 3 saturated heterocycles. The standard InChI is InChI=1S/C50H82N8O14/c1-5-28(2)22-29(3)12-10-8-6-7-9-11-13-40(66)53-35-24-33(61)26-52-48(70)44-38(64)19-21-57(44)50(72)43(37(63)18-20-51)56-47(69)42(39(65)23-31-14-16-32(60)17-15-31)55-46(68)36-25-34(62)27-58(36)49(71)41(30(4)59)54-45(35)67/h14-17,28-30,33-39,41-44,59-65H,5-13,18-27,51H2,1-4H3,(H,52,70)(H,53,66)(H,54,67)(H,55,68)(H,56,69)/t28?,29?,30-,33-,34-,35+,36+,37-,38+,39-,41+,42+,43+,44+/m1/s1. The number of hydrogen-bond donors (Lipinski definition) is 13. The molecule has 0 radical (unpaired) electrons. The van der Waals surface area contributed by atoms with Crippen molar-refractivity contribution < 1.29 is 69.3 Å². The number of rotatable bonds is 20. The van der Waals surface area contributed by atoms with Gasteiger partial charge in [0.2, 0.25) is 41.4 Å². The molecule has 22 nitrogen and oxygen atoms in total. The van der Waals surface area contributed by atoms with Crippen molar-refractivity contribution in [3.05, 3.63) is 29.8 Å². The van der Waals surface area contributed by atoms with Crippen molar-refractivity contribution >= 4 is 41.4 Å². The fraction of sp³-hybridized carbons (Fsp3) is 0.740. The van der Waals surface area contributed by atoms with Crippen molar-refractivity contribution in [1.82, 2.24) is 36.4 Å². The summed E-state index contributed by atoms with van der Waals surface area (Å²) in [5.74, 6) is -5.58. The zero-order chi connectivity index (χ0) is 53.2. The molecule has 1 aromatic carbocycles. The van der Waals surface area contributed by atoms with Crippen molar-refractivity contribution in [3.63, 3.8) is 0 Å². The van der Waals surface area contributed by atoms with Crippen LogP contribution < -0.4 is 32.3 Å². The minimum absolute atomic E-state index is 0.0240. The molecule has 22 heteroatoms. The minimum Gasteiger partial charge on any atom is -0.508 e. The summed E-state index contributed by atoms with van der Waals surface area (Å²) in [6.07, 6.45) is -2.10. The fourth-order valence-corrected chi connectivity index (χ4v) is 9.76. The van der Waals surface area contributed by atoms with Gasteiger partial charge in [0.05, 0.1) is 36.6 Å². The second-order valence-corrected chi connectivity index (χ2v) is 20.3. The van der Waals surface area contributed by atoms with Gasteiger partial charge in [-0.25, -0.2) is 0 Å². The van der Waals surface area contributed by atoms with Crippen LogP contribution in [0.2, 0.25) is 0 Å². The number of phenolic OH excluding ortho intramolecular Hbond substituents is 1. The zero-order valence-corrected chi connectivity index (χ0v) is 42.3. The first-order valence-electron chi connectivity index (χ1n) is 25.8. The molecule has 0 saturated carbocycles. The maximum absolute atomic E-state index is 14.3. The molecule has 3 heterocycles. The highest BCUT2D eigenvalue weighted by Crippen LogP contribution is 2.25. The van der Waals surface area contributed by atoms with Crippen molar-refractivity contribution in [3.8, 4) is 5.75 Å². The van der Waals surface area contributed by atoms with Crippen molar-refractivity contribution in [2.45, 2.75) is 197 Å². The number of phenols is 1. The van der Waals surface area contributed by atoms with Crippen LogP contribution in [-0.4, -0.2) is 186 Å². The number of nitrogens with one attached hydrogen (secondary N) is 5. The molecule has 72 heavy (non-hydrogen) atoms. The van der Waals surface area contributed by atoms with Gasteiger partial charge in [0.15, 0.2) is 0 Å². The van der Waals surface area contributed by atoms with E-state index in [1.807, 2.05) is 0 Å². The SMILES string of the molecule is CCC(C)CC(C)CCCCCCCCC(=O)N[C@H]1C[C@@H](O)CNC(=O)[C@@H]2[C@@H](O)CCN2C(=O)[C@H]([C@H](O)CCN)NC(=O)[C@H]([C@H](O)Cc2ccc(O)cc2)NC(=O)[C@@H]2C[C@@H](O)CN2C(=O)[C@H]([C@@H](C)O)NC1=O. The third-order valence-corrected chi connectivity index (χ3v) is 14.1. The lowest BCUT2D eigenvalue weighted by Crippen LogP contribution is -2.64. The van der Waals surface area contributed by atoms with E-state index in [1.165, 1.54) is 50.5 Å². The van der Waals surface area contributed by atoms with E-state index in [0.29, 0.717) is 23.8 Å². The molecule has 1 aromatic rings. The summed E-state index contributed by atoms with van der Waals surface area (Å²) in [5.41, 5.74) is 6.12. The Morgan fingerprint density at radius 2 is 1.36 bits per heavy atom. The lowest BCUT2D eigenvalue weighted by atomic mass is 9.91. The monoisotopic (exact) mass is 1020 g/mol. The fourth-order valence-electron chi connectivity index (χ4n) is 9.76. The Hall–Kier alpha value is -4.97. The van der Waals surface area contributed by atoms with Gasteiger partial charge in [-0.3, -0.25) is 33.6 Å². The van der Waals surface area contributed by atoms with Crippen LogP contribution in [0.1, 0.15) is 123 Å². The second kappa shape index (κ2) is 29.1. The first kappa shape index (κ1) is 59.6. The number of carbonyl (C=O) groups excluding carboxylic acids is 7. The van der Waals surface area contributed by atoms with E-state index in [0.717, 1.165) is 41.9 Å². The second-order valence-electron chi connectivity index (χ2n) is 20.3. The topological polar surface area (TPSA) is 354 Å². The summed E-state index contributed by atoms with van der Waals surface area (Å²) in [4.78, 5) is 100. The quantitative estimate of drug-likeness (QED) is 0.0650. The van der Waals surface area contributed by atoms with Gasteiger partial charge < -0.3 is 77.9 Å². The smallest absolute Gasteiger partial charge is 0.248 e. The largest absolute Gasteiger partial charge is 0.508 e. The van der Waals surface area contributed by atoms with Crippen LogP contribution in [0.25, 0.3) is 0 Å². The molecule has 0 aromatic heterocycles. The molecule has 14 atom stereocenters. The number of aliphatic hydroxyl groups excluding tert-OH is 6. The molecule has 3 fully saturated rings. The number of nitrogens with zero attached hydrogens (tertiary/aromatic N) is 2. The van der Waals surface area contributed by atoms with Crippen LogP contribution >= 0.6 is 0 Å². The average Bonchev–Trinajstić information content (AvgIpc) is 3.93. The van der Waals surface area contributed by atoms with E-state index in [-0.39, 0.29) is 50.9 Å². The van der Waals surface area contributed by atoms with Gasteiger partial charge in [-0.2, -0.15) is 0 Å². The molecule has 0 bridgehead atoms. The van der Waals surface area contributed by atoms with E-state index >= 15 is 0 Å². The first-order chi connectivity index (χ1) is 34.1. The predicted molar refractivity (Wildman–Crippen MR) is 263 cm³/mol. The van der Waals surface area contributed by atoms with Gasteiger partial charge in [0, 0.05) is 45.3 Å². The Labute approximate surface area is 422 Å². The molecule has 4 rings (SSSR count). The molecular weight excluding hydrogens is 937 g/mol. The molecule has 3 aliphatic heterocycles. The van der Waals surface area contributed by atoms with Crippen LogP contribution in [0, 0.1) is 11.8 Å². The summed E-state index contributed by atoms with van der Waals surface area (Å²) in [6.45, 7) is 6.52. The van der Waals surface area contributed by atoms with Crippen LogP contribution in [0.3, 0.4) is 0 Å². The van der Waals surface area contributed by atoms with E-state index in [2.05, 4.69) is 47.4 Å². The lowest BCUT2D eigenvalue weighted by Gasteiger charge is -2.34. The first-order valence-corrected chi connectivity index (χ1v) is 25.8. The van der Waals surface area contributed by atoms with Crippen LogP contribution in [-0.2, 0) is 40.0 Å². The maximum atomic E-state index is 14.3. The number of nitrogens with two attached hydrogens (primary N) is 1. The lowest BCUT2D eigenvalue weighted by molar-refractivity contribution is -0.147. The molecule has 0 spiro atoms. The van der Waals surface area contributed by atoms with Crippen molar-refractivity contribution in [2.75, 3.05) is 26.2 Å². The number of aromatic hydroxyl groups is 1. The zero-order valence-electron chi connectivity index (χ0n) is 42.3. The van der Waals surface area contributed by atoms with Crippen LogP contribution in [0.5, 0.6) is 5.75 Å². The number of carbonyl (C=O) groups is 7. The minimum atomic E-state index is -1.94. The van der Waals surface area contributed by atoms with E-state index < -0.39 is 134 Å². The summed E-state index contributed by atoms with van der Waals surface area (Å²) >= 11 is 0. The average molecular weight is 1020 g/mol. The van der Waals surface area contributed by atoms with Gasteiger partial charge in [-0.15, -0.1) is 0 Å². The highest BCUT2D eigenvalue weighted by molar-refractivity contribution is 5.98. The Balaban J connectivity index is 1.63. The molecule has 3 aliphatic rings. The van der Waals surface area contributed by atoms with Gasteiger partial charge in [-0.05, 0) is 68.7 Å². The highest BCUT2D eigenvalue weighted by atomic mass is 16.3.